The van der Waals surface area contributed by atoms with Crippen molar-refractivity contribution in [2.75, 3.05) is 35.5 Å². The Morgan fingerprint density at radius 2 is 1.67 bits per heavy atom. The maximum Gasteiger partial charge on any atom is 0.224 e. The van der Waals surface area contributed by atoms with Gasteiger partial charge in [0.1, 0.15) is 0 Å². The number of benzene rings is 1. The van der Waals surface area contributed by atoms with Gasteiger partial charge >= 0.3 is 0 Å². The summed E-state index contributed by atoms with van der Waals surface area (Å²) in [7, 11) is 7.74. The first kappa shape index (κ1) is 20.6. The van der Waals surface area contributed by atoms with Crippen molar-refractivity contribution in [2.24, 2.45) is 11.8 Å². The summed E-state index contributed by atoms with van der Waals surface area (Å²) >= 11 is 0. The van der Waals surface area contributed by atoms with E-state index in [0.29, 0.717) is 29.4 Å². The third kappa shape index (κ3) is 2.44. The summed E-state index contributed by atoms with van der Waals surface area (Å²) in [5.41, 5.74) is 1.42. The van der Waals surface area contributed by atoms with Crippen molar-refractivity contribution >= 4 is 5.78 Å². The highest BCUT2D eigenvalue weighted by Gasteiger charge is 2.61. The molecule has 30 heavy (non-hydrogen) atoms. The van der Waals surface area contributed by atoms with Crippen LogP contribution in [0.25, 0.3) is 0 Å². The van der Waals surface area contributed by atoms with Crippen LogP contribution in [0.2, 0.25) is 0 Å². The number of allylic oxidation sites excluding steroid dienone is 1. The number of carbonyl (C=O) groups excluding carboxylic acids is 1. The molecule has 4 atom stereocenters. The molecule has 7 nitrogen and oxygen atoms in total. The van der Waals surface area contributed by atoms with Crippen molar-refractivity contribution in [3.8, 4) is 17.2 Å². The molecule has 2 aliphatic heterocycles. The molecular formula is C23H28O7. The smallest absolute Gasteiger partial charge is 0.224 e. The maximum atomic E-state index is 12.8. The van der Waals surface area contributed by atoms with Crippen LogP contribution in [0.4, 0.5) is 0 Å². The van der Waals surface area contributed by atoms with Gasteiger partial charge in [-0.05, 0) is 41.5 Å². The minimum Gasteiger partial charge on any atom is -0.493 e. The van der Waals surface area contributed by atoms with Gasteiger partial charge in [-0.1, -0.05) is 13.8 Å². The first-order chi connectivity index (χ1) is 14.4. The zero-order chi connectivity index (χ0) is 21.8. The van der Waals surface area contributed by atoms with Gasteiger partial charge in [0.05, 0.1) is 41.7 Å². The molecule has 0 aromatic heterocycles. The highest BCUT2D eigenvalue weighted by Crippen LogP contribution is 2.65. The van der Waals surface area contributed by atoms with Crippen molar-refractivity contribution in [3.05, 3.63) is 40.4 Å². The topological polar surface area (TPSA) is 72.5 Å². The molecule has 2 heterocycles. The number of rotatable bonds is 5. The molecule has 3 aliphatic rings. The lowest BCUT2D eigenvalue weighted by atomic mass is 9.71. The molecule has 1 saturated heterocycles. The first-order valence-corrected chi connectivity index (χ1v) is 9.98. The van der Waals surface area contributed by atoms with E-state index in [-0.39, 0.29) is 29.5 Å². The van der Waals surface area contributed by atoms with Crippen molar-refractivity contribution in [1.29, 1.82) is 0 Å². The van der Waals surface area contributed by atoms with E-state index in [0.717, 1.165) is 16.7 Å². The minimum absolute atomic E-state index is 0.131. The Hall–Kier alpha value is -2.67. The van der Waals surface area contributed by atoms with Crippen molar-refractivity contribution < 1.29 is 33.2 Å². The first-order valence-electron chi connectivity index (χ1n) is 9.98. The summed E-state index contributed by atoms with van der Waals surface area (Å²) in [6, 6.07) is 1.94. The Morgan fingerprint density at radius 3 is 2.23 bits per heavy atom. The van der Waals surface area contributed by atoms with Gasteiger partial charge in [-0.2, -0.15) is 0 Å². The van der Waals surface area contributed by atoms with Crippen molar-refractivity contribution in [1.82, 2.24) is 0 Å². The molecule has 1 fully saturated rings. The monoisotopic (exact) mass is 416 g/mol. The van der Waals surface area contributed by atoms with E-state index in [2.05, 4.69) is 13.8 Å². The molecule has 7 heteroatoms. The third-order valence-electron chi connectivity index (χ3n) is 6.66. The highest BCUT2D eigenvalue weighted by molar-refractivity contribution is 6.05. The van der Waals surface area contributed by atoms with Gasteiger partial charge in [-0.25, -0.2) is 0 Å². The Bertz CT molecular complexity index is 961. The zero-order valence-corrected chi connectivity index (χ0v) is 18.5. The van der Waals surface area contributed by atoms with Crippen molar-refractivity contribution in [2.45, 2.75) is 32.0 Å². The molecule has 1 aromatic rings. The molecule has 0 amide bonds. The van der Waals surface area contributed by atoms with Gasteiger partial charge in [0.25, 0.3) is 0 Å². The second kappa shape index (κ2) is 7.23. The number of methoxy groups -OCH3 is 5. The van der Waals surface area contributed by atoms with E-state index in [1.54, 1.807) is 27.4 Å². The average molecular weight is 416 g/mol. The Balaban J connectivity index is 2.16. The number of hydrogen-bond acceptors (Lipinski definition) is 7. The largest absolute Gasteiger partial charge is 0.493 e. The maximum absolute atomic E-state index is 12.8. The van der Waals surface area contributed by atoms with Crippen LogP contribution >= 0.6 is 0 Å². The third-order valence-corrected chi connectivity index (χ3v) is 6.66. The van der Waals surface area contributed by atoms with Crippen LogP contribution in [-0.2, 0) is 24.6 Å². The molecule has 0 unspecified atom stereocenters. The zero-order valence-electron chi connectivity index (χ0n) is 18.5. The lowest BCUT2D eigenvalue weighted by molar-refractivity contribution is -0.118. The summed E-state index contributed by atoms with van der Waals surface area (Å²) in [5, 5.41) is 0. The summed E-state index contributed by atoms with van der Waals surface area (Å²) in [4.78, 5) is 12.8. The van der Waals surface area contributed by atoms with E-state index in [9.17, 15) is 4.79 Å². The van der Waals surface area contributed by atoms with E-state index in [1.807, 2.05) is 6.07 Å². The van der Waals surface area contributed by atoms with E-state index >= 15 is 0 Å². The van der Waals surface area contributed by atoms with Crippen LogP contribution in [0, 0.1) is 11.8 Å². The van der Waals surface area contributed by atoms with Gasteiger partial charge in [-0.3, -0.25) is 4.79 Å². The fourth-order valence-electron chi connectivity index (χ4n) is 5.08. The van der Waals surface area contributed by atoms with Gasteiger partial charge in [0, 0.05) is 5.56 Å². The molecular weight excluding hydrogens is 388 g/mol. The van der Waals surface area contributed by atoms with E-state index in [1.165, 1.54) is 14.2 Å². The number of carbonyl (C=O) groups is 1. The summed E-state index contributed by atoms with van der Waals surface area (Å²) < 4.78 is 35.2. The molecule has 0 radical (unpaired) electrons. The van der Waals surface area contributed by atoms with Gasteiger partial charge in [0.15, 0.2) is 22.9 Å². The molecule has 4 rings (SSSR count). The molecule has 1 spiro atoms. The standard InChI is InChI=1S/C23H28O7/c1-11-8-13-9-15(24)19(26-4)22(29-7)23(13)17-14(18(30-23)12(11)2)10-16(25-3)20(27-5)21(17)28-6/h9-12,18H,8H2,1-7H3/t11-,12-,18+,23+/m1/s1. The number of hydrogen-bond donors (Lipinski definition) is 0. The lowest BCUT2D eigenvalue weighted by Gasteiger charge is -2.37. The van der Waals surface area contributed by atoms with Crippen LogP contribution in [0.5, 0.6) is 17.2 Å². The molecule has 2 bridgehead atoms. The van der Waals surface area contributed by atoms with Gasteiger partial charge in [0.2, 0.25) is 17.3 Å². The van der Waals surface area contributed by atoms with Crippen LogP contribution < -0.4 is 14.2 Å². The molecule has 162 valence electrons. The van der Waals surface area contributed by atoms with Gasteiger partial charge < -0.3 is 28.4 Å². The molecule has 0 N–H and O–H groups in total. The van der Waals surface area contributed by atoms with E-state index < -0.39 is 5.60 Å². The summed E-state index contributed by atoms with van der Waals surface area (Å²) in [6.07, 6.45) is 2.06. The van der Waals surface area contributed by atoms with Crippen molar-refractivity contribution in [3.63, 3.8) is 0 Å². The fourth-order valence-corrected chi connectivity index (χ4v) is 5.08. The quantitative estimate of drug-likeness (QED) is 0.725. The minimum atomic E-state index is -1.13. The molecule has 1 aliphatic carbocycles. The highest BCUT2D eigenvalue weighted by atomic mass is 16.6. The lowest BCUT2D eigenvalue weighted by Crippen LogP contribution is -2.37. The van der Waals surface area contributed by atoms with Gasteiger partial charge in [-0.15, -0.1) is 0 Å². The SMILES string of the molecule is COC1=C(OC)[C@@]23O[C@H](c4cc(OC)c(OC)c(OC)c42)[C@H](C)[C@H](C)CC3=CC1=O. The average Bonchev–Trinajstić information content (AvgIpc) is 3.03. The Kier molecular flexibility index (Phi) is 4.97. The normalized spacial score (nSPS) is 29.5. The molecule has 1 aromatic carbocycles. The Morgan fingerprint density at radius 1 is 0.967 bits per heavy atom. The van der Waals surface area contributed by atoms with Crippen LogP contribution in [0.1, 0.15) is 37.5 Å². The summed E-state index contributed by atoms with van der Waals surface area (Å²) in [6.45, 7) is 4.34. The number of fused-ring (bicyclic) bond motifs is 3. The summed E-state index contributed by atoms with van der Waals surface area (Å²) in [5.74, 6) is 2.23. The Labute approximate surface area is 176 Å². The predicted molar refractivity (Wildman–Crippen MR) is 109 cm³/mol. The van der Waals surface area contributed by atoms with Crippen LogP contribution in [0.15, 0.2) is 29.2 Å². The van der Waals surface area contributed by atoms with E-state index in [4.69, 9.17) is 28.4 Å². The van der Waals surface area contributed by atoms with Crippen LogP contribution in [0.3, 0.4) is 0 Å². The fraction of sp³-hybridized carbons (Fsp3) is 0.522. The van der Waals surface area contributed by atoms with Crippen LogP contribution in [-0.4, -0.2) is 41.3 Å². The molecule has 0 saturated carbocycles. The number of ketones is 1. The predicted octanol–water partition coefficient (Wildman–Crippen LogP) is 3.67. The number of ether oxygens (including phenoxy) is 6. The second-order valence-corrected chi connectivity index (χ2v) is 7.97. The second-order valence-electron chi connectivity index (χ2n) is 7.97.